The summed E-state index contributed by atoms with van der Waals surface area (Å²) in [5, 5.41) is 11.5. The van der Waals surface area contributed by atoms with Crippen molar-refractivity contribution in [1.82, 2.24) is 4.98 Å². The Morgan fingerprint density at radius 2 is 2.00 bits per heavy atom. The van der Waals surface area contributed by atoms with Gasteiger partial charge in [-0.3, -0.25) is 0 Å². The van der Waals surface area contributed by atoms with E-state index in [-0.39, 0.29) is 5.82 Å². The van der Waals surface area contributed by atoms with Gasteiger partial charge in [0.25, 0.3) is 0 Å². The molecule has 0 aliphatic heterocycles. The van der Waals surface area contributed by atoms with Gasteiger partial charge < -0.3 is 5.32 Å². The highest BCUT2D eigenvalue weighted by Crippen LogP contribution is 2.20. The monoisotopic (exact) mass is 291 g/mol. The molecule has 1 aromatic heterocycles. The molecule has 0 radical (unpaired) electrons. The highest BCUT2D eigenvalue weighted by atomic mass is 79.9. The standard InChI is InChI=1S/C12H7BrFN3/c13-9-5-11(14)12(16-7-9)17-10-3-1-8(6-15)2-4-10/h1-5,7H,(H,16,17). The number of benzene rings is 1. The number of pyridine rings is 1. The second-order valence-electron chi connectivity index (χ2n) is 3.30. The topological polar surface area (TPSA) is 48.7 Å². The molecule has 17 heavy (non-hydrogen) atoms. The molecule has 0 atom stereocenters. The second kappa shape index (κ2) is 4.93. The highest BCUT2D eigenvalue weighted by Gasteiger charge is 2.04. The average molecular weight is 292 g/mol. The first kappa shape index (κ1) is 11.6. The van der Waals surface area contributed by atoms with Crippen LogP contribution in [0.3, 0.4) is 0 Å². The molecule has 3 nitrogen and oxygen atoms in total. The number of anilines is 2. The third kappa shape index (κ3) is 2.80. The number of hydrogen-bond acceptors (Lipinski definition) is 3. The molecule has 0 amide bonds. The lowest BCUT2D eigenvalue weighted by Gasteiger charge is -2.06. The van der Waals surface area contributed by atoms with Gasteiger partial charge in [-0.05, 0) is 46.3 Å². The lowest BCUT2D eigenvalue weighted by Crippen LogP contribution is -1.96. The van der Waals surface area contributed by atoms with Crippen LogP contribution in [-0.2, 0) is 0 Å². The number of aromatic nitrogens is 1. The van der Waals surface area contributed by atoms with Crippen LogP contribution >= 0.6 is 15.9 Å². The fourth-order valence-electron chi connectivity index (χ4n) is 1.27. The molecule has 84 valence electrons. The fraction of sp³-hybridized carbons (Fsp3) is 0. The summed E-state index contributed by atoms with van der Waals surface area (Å²) < 4.78 is 14.1. The van der Waals surface area contributed by atoms with Crippen molar-refractivity contribution in [2.75, 3.05) is 5.32 Å². The van der Waals surface area contributed by atoms with Crippen LogP contribution in [0.2, 0.25) is 0 Å². The van der Waals surface area contributed by atoms with Gasteiger partial charge in [0, 0.05) is 16.4 Å². The predicted octanol–water partition coefficient (Wildman–Crippen LogP) is 3.60. The maximum atomic E-state index is 13.5. The minimum atomic E-state index is -0.441. The normalized spacial score (nSPS) is 9.71. The molecule has 5 heteroatoms. The van der Waals surface area contributed by atoms with Crippen LogP contribution in [0.15, 0.2) is 41.0 Å². The third-order valence-corrected chi connectivity index (χ3v) is 2.52. The van der Waals surface area contributed by atoms with E-state index in [9.17, 15) is 4.39 Å². The first-order valence-corrected chi connectivity index (χ1v) is 5.56. The Kier molecular flexibility index (Phi) is 3.35. The van der Waals surface area contributed by atoms with Crippen molar-refractivity contribution in [2.45, 2.75) is 0 Å². The molecule has 0 bridgehead atoms. The van der Waals surface area contributed by atoms with Gasteiger partial charge in [0.15, 0.2) is 11.6 Å². The third-order valence-electron chi connectivity index (χ3n) is 2.08. The number of nitriles is 1. The quantitative estimate of drug-likeness (QED) is 0.920. The van der Waals surface area contributed by atoms with E-state index in [0.717, 1.165) is 0 Å². The largest absolute Gasteiger partial charge is 0.338 e. The summed E-state index contributed by atoms with van der Waals surface area (Å²) in [6.07, 6.45) is 1.51. The van der Waals surface area contributed by atoms with Crippen molar-refractivity contribution >= 4 is 27.4 Å². The van der Waals surface area contributed by atoms with E-state index in [0.29, 0.717) is 15.7 Å². The fourth-order valence-corrected chi connectivity index (χ4v) is 1.57. The van der Waals surface area contributed by atoms with E-state index in [1.54, 1.807) is 24.3 Å². The highest BCUT2D eigenvalue weighted by molar-refractivity contribution is 9.10. The summed E-state index contributed by atoms with van der Waals surface area (Å²) >= 11 is 3.13. The van der Waals surface area contributed by atoms with Crippen molar-refractivity contribution in [3.05, 3.63) is 52.4 Å². The molecule has 1 aromatic carbocycles. The number of nitrogens with zero attached hydrogens (tertiary/aromatic N) is 2. The second-order valence-corrected chi connectivity index (χ2v) is 4.21. The van der Waals surface area contributed by atoms with Gasteiger partial charge in [0.1, 0.15) is 0 Å². The van der Waals surface area contributed by atoms with Gasteiger partial charge >= 0.3 is 0 Å². The molecule has 0 saturated heterocycles. The van der Waals surface area contributed by atoms with E-state index in [4.69, 9.17) is 5.26 Å². The van der Waals surface area contributed by atoms with Gasteiger partial charge in [-0.15, -0.1) is 0 Å². The van der Waals surface area contributed by atoms with Crippen molar-refractivity contribution in [1.29, 1.82) is 5.26 Å². The molecule has 2 rings (SSSR count). The zero-order valence-corrected chi connectivity index (χ0v) is 10.2. The van der Waals surface area contributed by atoms with Crippen LogP contribution in [0.25, 0.3) is 0 Å². The van der Waals surface area contributed by atoms with Crippen LogP contribution in [-0.4, -0.2) is 4.98 Å². The molecule has 0 saturated carbocycles. The molecule has 1 heterocycles. The first-order chi connectivity index (χ1) is 8.19. The molecule has 0 spiro atoms. The number of rotatable bonds is 2. The maximum absolute atomic E-state index is 13.5. The maximum Gasteiger partial charge on any atom is 0.166 e. The van der Waals surface area contributed by atoms with Crippen molar-refractivity contribution < 1.29 is 4.39 Å². The molecule has 0 fully saturated rings. The van der Waals surface area contributed by atoms with E-state index < -0.39 is 5.82 Å². The predicted molar refractivity (Wildman–Crippen MR) is 66.3 cm³/mol. The van der Waals surface area contributed by atoms with Crippen molar-refractivity contribution in [2.24, 2.45) is 0 Å². The lowest BCUT2D eigenvalue weighted by molar-refractivity contribution is 0.625. The molecular formula is C12H7BrFN3. The lowest BCUT2D eigenvalue weighted by atomic mass is 10.2. The van der Waals surface area contributed by atoms with Crippen molar-refractivity contribution in [3.63, 3.8) is 0 Å². The minimum absolute atomic E-state index is 0.151. The van der Waals surface area contributed by atoms with E-state index in [1.807, 2.05) is 6.07 Å². The molecule has 2 aromatic rings. The first-order valence-electron chi connectivity index (χ1n) is 4.77. The Labute approximate surface area is 106 Å². The van der Waals surface area contributed by atoms with E-state index in [1.165, 1.54) is 12.3 Å². The van der Waals surface area contributed by atoms with Gasteiger partial charge in [-0.1, -0.05) is 0 Å². The van der Waals surface area contributed by atoms with Crippen LogP contribution in [0.4, 0.5) is 15.9 Å². The average Bonchev–Trinajstić information content (AvgIpc) is 2.34. The molecule has 0 aliphatic carbocycles. The zero-order valence-electron chi connectivity index (χ0n) is 8.61. The Morgan fingerprint density at radius 3 is 2.59 bits per heavy atom. The Hall–Kier alpha value is -1.93. The molecule has 1 N–H and O–H groups in total. The summed E-state index contributed by atoms with van der Waals surface area (Å²) in [7, 11) is 0. The van der Waals surface area contributed by atoms with Gasteiger partial charge in [0.2, 0.25) is 0 Å². The Balaban J connectivity index is 2.23. The van der Waals surface area contributed by atoms with E-state index in [2.05, 4.69) is 26.2 Å². The summed E-state index contributed by atoms with van der Waals surface area (Å²) in [4.78, 5) is 3.92. The SMILES string of the molecule is N#Cc1ccc(Nc2ncc(Br)cc2F)cc1. The van der Waals surface area contributed by atoms with Crippen LogP contribution in [0.1, 0.15) is 5.56 Å². The summed E-state index contributed by atoms with van der Waals surface area (Å²) in [5.41, 5.74) is 1.23. The summed E-state index contributed by atoms with van der Waals surface area (Å²) in [6, 6.07) is 10.0. The Bertz CT molecular complexity index is 575. The molecular weight excluding hydrogens is 285 g/mol. The zero-order chi connectivity index (χ0) is 12.3. The van der Waals surface area contributed by atoms with Crippen molar-refractivity contribution in [3.8, 4) is 6.07 Å². The van der Waals surface area contributed by atoms with Gasteiger partial charge in [0.05, 0.1) is 11.6 Å². The van der Waals surface area contributed by atoms with E-state index >= 15 is 0 Å². The molecule has 0 unspecified atom stereocenters. The number of halogens is 2. The summed E-state index contributed by atoms with van der Waals surface area (Å²) in [5.74, 6) is -0.290. The minimum Gasteiger partial charge on any atom is -0.338 e. The molecule has 0 aliphatic rings. The summed E-state index contributed by atoms with van der Waals surface area (Å²) in [6.45, 7) is 0. The van der Waals surface area contributed by atoms with Gasteiger partial charge in [-0.2, -0.15) is 5.26 Å². The smallest absolute Gasteiger partial charge is 0.166 e. The van der Waals surface area contributed by atoms with Crippen LogP contribution in [0.5, 0.6) is 0 Å². The number of nitrogens with one attached hydrogen (secondary N) is 1. The van der Waals surface area contributed by atoms with Crippen LogP contribution in [0, 0.1) is 17.1 Å². The Morgan fingerprint density at radius 1 is 1.29 bits per heavy atom. The number of hydrogen-bond donors (Lipinski definition) is 1. The van der Waals surface area contributed by atoms with Gasteiger partial charge in [-0.25, -0.2) is 9.37 Å². The van der Waals surface area contributed by atoms with Crippen LogP contribution < -0.4 is 5.32 Å².